The Hall–Kier alpha value is -3.36. The summed E-state index contributed by atoms with van der Waals surface area (Å²) in [5, 5.41) is 11.2. The molecule has 1 amide bonds. The molecule has 0 saturated carbocycles. The highest BCUT2D eigenvalue weighted by Gasteiger charge is 2.40. The molecule has 1 aromatic heterocycles. The van der Waals surface area contributed by atoms with E-state index in [1.165, 1.54) is 6.07 Å². The van der Waals surface area contributed by atoms with Gasteiger partial charge in [0.2, 0.25) is 5.88 Å². The molecular weight excluding hydrogens is 474 g/mol. The highest BCUT2D eigenvalue weighted by molar-refractivity contribution is 7.71. The molecule has 0 radical (unpaired) electrons. The molecule has 174 valence electrons. The number of hydrogen-bond donors (Lipinski definition) is 3. The van der Waals surface area contributed by atoms with Gasteiger partial charge in [-0.25, -0.2) is 0 Å². The molecule has 2 aliphatic rings. The third kappa shape index (κ3) is 4.03. The van der Waals surface area contributed by atoms with E-state index in [-0.39, 0.29) is 39.2 Å². The number of phenolic OH excluding ortho intramolecular Hbond substituents is 1. The van der Waals surface area contributed by atoms with Gasteiger partial charge in [0.05, 0.1) is 22.6 Å². The topological polar surface area (TPSA) is 98.4 Å². The average Bonchev–Trinajstić information content (AvgIpc) is 2.84. The van der Waals surface area contributed by atoms with Gasteiger partial charge in [0.1, 0.15) is 11.5 Å². The first kappa shape index (κ1) is 22.4. The van der Waals surface area contributed by atoms with Gasteiger partial charge in [0.25, 0.3) is 11.5 Å². The van der Waals surface area contributed by atoms with E-state index in [1.54, 1.807) is 47.4 Å². The standard InChI is InChI=1S/C25H22ClN3O4S/c26-15-10-8-14(9-11-15)18-19(24(32)29-12-4-1-5-13-29)21(16-6-2-3-7-17(16)30)33-23-20(18)22(31)27-25(34)28-23/h2-3,6-11,18,30H,1,4-5,12-13H2,(H2,27,28,31,34). The minimum absolute atomic E-state index is 0.0387. The van der Waals surface area contributed by atoms with Crippen molar-refractivity contribution in [3.8, 4) is 11.6 Å². The number of phenols is 1. The normalized spacial score (nSPS) is 17.8. The van der Waals surface area contributed by atoms with Crippen LogP contribution >= 0.6 is 23.8 Å². The van der Waals surface area contributed by atoms with Crippen molar-refractivity contribution in [2.24, 2.45) is 0 Å². The lowest BCUT2D eigenvalue weighted by Gasteiger charge is -2.34. The number of likely N-dealkylation sites (tertiary alicyclic amines) is 1. The number of amides is 1. The van der Waals surface area contributed by atoms with Crippen molar-refractivity contribution in [2.75, 3.05) is 13.1 Å². The number of fused-ring (bicyclic) bond motifs is 1. The first-order chi connectivity index (χ1) is 16.4. The monoisotopic (exact) mass is 495 g/mol. The Balaban J connectivity index is 1.82. The van der Waals surface area contributed by atoms with Crippen LogP contribution in [0.1, 0.15) is 41.9 Å². The number of rotatable bonds is 3. The molecule has 7 nitrogen and oxygen atoms in total. The van der Waals surface area contributed by atoms with Crippen LogP contribution in [0, 0.1) is 4.77 Å². The van der Waals surface area contributed by atoms with Crippen LogP contribution in [0.25, 0.3) is 5.76 Å². The Morgan fingerprint density at radius 2 is 1.76 bits per heavy atom. The molecule has 0 bridgehead atoms. The SMILES string of the molecule is O=C(C1=C(c2ccccc2O)Oc2[nH]c(=S)[nH]c(=O)c2C1c1ccc(Cl)cc1)N1CCCCC1. The lowest BCUT2D eigenvalue weighted by Crippen LogP contribution is -2.40. The number of aromatic nitrogens is 2. The van der Waals surface area contributed by atoms with Crippen LogP contribution in [0.2, 0.25) is 5.02 Å². The number of para-hydroxylation sites is 1. The number of nitrogens with zero attached hydrogens (tertiary/aromatic N) is 1. The summed E-state index contributed by atoms with van der Waals surface area (Å²) in [6.07, 6.45) is 2.87. The number of H-pyrrole nitrogens is 2. The summed E-state index contributed by atoms with van der Waals surface area (Å²) >= 11 is 11.3. The maximum absolute atomic E-state index is 14.0. The largest absolute Gasteiger partial charge is 0.507 e. The Morgan fingerprint density at radius 3 is 2.47 bits per heavy atom. The van der Waals surface area contributed by atoms with Gasteiger partial charge < -0.3 is 19.7 Å². The quantitative estimate of drug-likeness (QED) is 0.456. The minimum Gasteiger partial charge on any atom is -0.507 e. The zero-order chi connectivity index (χ0) is 23.8. The van der Waals surface area contributed by atoms with Gasteiger partial charge in [0, 0.05) is 18.1 Å². The number of aromatic amines is 2. The van der Waals surface area contributed by atoms with Crippen LogP contribution in [0.3, 0.4) is 0 Å². The number of hydrogen-bond acceptors (Lipinski definition) is 5. The maximum Gasteiger partial charge on any atom is 0.259 e. The van der Waals surface area contributed by atoms with Crippen molar-refractivity contribution < 1.29 is 14.6 Å². The van der Waals surface area contributed by atoms with Crippen LogP contribution in [0.15, 0.2) is 58.9 Å². The molecule has 1 unspecified atom stereocenters. The van der Waals surface area contributed by atoms with Crippen molar-refractivity contribution in [3.05, 3.63) is 90.9 Å². The molecule has 0 spiro atoms. The number of ether oxygens (including phenoxy) is 1. The molecule has 3 heterocycles. The van der Waals surface area contributed by atoms with Crippen molar-refractivity contribution in [3.63, 3.8) is 0 Å². The predicted octanol–water partition coefficient (Wildman–Crippen LogP) is 4.74. The number of halogens is 1. The highest BCUT2D eigenvalue weighted by Crippen LogP contribution is 2.45. The van der Waals surface area contributed by atoms with Crippen molar-refractivity contribution in [1.29, 1.82) is 0 Å². The first-order valence-electron chi connectivity index (χ1n) is 11.1. The van der Waals surface area contributed by atoms with Crippen LogP contribution in [0.5, 0.6) is 11.6 Å². The summed E-state index contributed by atoms with van der Waals surface area (Å²) in [6.45, 7) is 1.23. The number of nitrogens with one attached hydrogen (secondary N) is 2. The van der Waals surface area contributed by atoms with E-state index in [1.807, 2.05) is 0 Å². The number of benzene rings is 2. The number of carbonyl (C=O) groups is 1. The van der Waals surface area contributed by atoms with Gasteiger partial charge in [-0.1, -0.05) is 35.9 Å². The fourth-order valence-corrected chi connectivity index (χ4v) is 4.90. The van der Waals surface area contributed by atoms with E-state index >= 15 is 0 Å². The fraction of sp³-hybridized carbons (Fsp3) is 0.240. The molecule has 34 heavy (non-hydrogen) atoms. The second-order valence-corrected chi connectivity index (χ2v) is 9.20. The fourth-order valence-electron chi connectivity index (χ4n) is 4.59. The minimum atomic E-state index is -0.763. The summed E-state index contributed by atoms with van der Waals surface area (Å²) in [5.41, 5.74) is 1.13. The third-order valence-corrected chi connectivity index (χ3v) is 6.65. The molecule has 5 rings (SSSR count). The molecular formula is C25H22ClN3O4S. The van der Waals surface area contributed by atoms with E-state index in [0.29, 0.717) is 29.2 Å². The summed E-state index contributed by atoms with van der Waals surface area (Å²) in [7, 11) is 0. The summed E-state index contributed by atoms with van der Waals surface area (Å²) in [5.74, 6) is -0.700. The van der Waals surface area contributed by atoms with Crippen LogP contribution < -0.4 is 10.3 Å². The van der Waals surface area contributed by atoms with Gasteiger partial charge in [-0.3, -0.25) is 14.6 Å². The van der Waals surface area contributed by atoms with E-state index in [9.17, 15) is 14.7 Å². The predicted molar refractivity (Wildman–Crippen MR) is 132 cm³/mol. The van der Waals surface area contributed by atoms with E-state index < -0.39 is 11.5 Å². The Kier molecular flexibility index (Phi) is 6.02. The van der Waals surface area contributed by atoms with Gasteiger partial charge in [0.15, 0.2) is 4.77 Å². The number of carbonyl (C=O) groups excluding carboxylic acids is 1. The third-order valence-electron chi connectivity index (χ3n) is 6.20. The lowest BCUT2D eigenvalue weighted by atomic mass is 9.81. The van der Waals surface area contributed by atoms with Crippen LogP contribution in [-0.2, 0) is 4.79 Å². The maximum atomic E-state index is 14.0. The zero-order valence-corrected chi connectivity index (χ0v) is 19.7. The second kappa shape index (κ2) is 9.12. The summed E-state index contributed by atoms with van der Waals surface area (Å²) in [6, 6.07) is 13.7. The molecule has 2 aliphatic heterocycles. The molecule has 1 saturated heterocycles. The van der Waals surface area contributed by atoms with Gasteiger partial charge in [-0.05, 0) is 61.3 Å². The molecule has 1 atom stereocenters. The van der Waals surface area contributed by atoms with E-state index in [4.69, 9.17) is 28.6 Å². The lowest BCUT2D eigenvalue weighted by molar-refractivity contribution is -0.128. The van der Waals surface area contributed by atoms with Gasteiger partial charge in [-0.15, -0.1) is 0 Å². The first-order valence-corrected chi connectivity index (χ1v) is 11.8. The van der Waals surface area contributed by atoms with Crippen molar-refractivity contribution in [2.45, 2.75) is 25.2 Å². The number of piperidine rings is 1. The molecule has 2 aromatic carbocycles. The molecule has 3 aromatic rings. The number of aromatic hydroxyl groups is 1. The summed E-state index contributed by atoms with van der Waals surface area (Å²) < 4.78 is 6.26. The smallest absolute Gasteiger partial charge is 0.259 e. The van der Waals surface area contributed by atoms with Crippen LogP contribution in [0.4, 0.5) is 0 Å². The highest BCUT2D eigenvalue weighted by atomic mass is 35.5. The van der Waals surface area contributed by atoms with Crippen molar-refractivity contribution in [1.82, 2.24) is 14.9 Å². The molecule has 1 fully saturated rings. The second-order valence-electron chi connectivity index (χ2n) is 8.35. The van der Waals surface area contributed by atoms with E-state index in [0.717, 1.165) is 19.3 Å². The Bertz CT molecular complexity index is 1400. The molecule has 9 heteroatoms. The van der Waals surface area contributed by atoms with Gasteiger partial charge >= 0.3 is 0 Å². The average molecular weight is 496 g/mol. The Labute approximate surface area is 205 Å². The molecule has 0 aliphatic carbocycles. The van der Waals surface area contributed by atoms with Crippen LogP contribution in [-0.4, -0.2) is 39.0 Å². The Morgan fingerprint density at radius 1 is 1.06 bits per heavy atom. The van der Waals surface area contributed by atoms with Gasteiger partial charge in [-0.2, -0.15) is 0 Å². The van der Waals surface area contributed by atoms with E-state index in [2.05, 4.69) is 9.97 Å². The summed E-state index contributed by atoms with van der Waals surface area (Å²) in [4.78, 5) is 34.5. The zero-order valence-electron chi connectivity index (χ0n) is 18.1. The van der Waals surface area contributed by atoms with Crippen molar-refractivity contribution >= 4 is 35.5 Å². The molecule has 3 N–H and O–H groups in total.